The van der Waals surface area contributed by atoms with Crippen LogP contribution in [0.3, 0.4) is 0 Å². The summed E-state index contributed by atoms with van der Waals surface area (Å²) in [5, 5.41) is 3.00. The van der Waals surface area contributed by atoms with Crippen LogP contribution in [0.25, 0.3) is 11.2 Å². The lowest BCUT2D eigenvalue weighted by molar-refractivity contribution is -0.136. The van der Waals surface area contributed by atoms with Crippen molar-refractivity contribution < 1.29 is 32.2 Å². The van der Waals surface area contributed by atoms with Crippen molar-refractivity contribution in [1.29, 1.82) is 0 Å². The van der Waals surface area contributed by atoms with Crippen molar-refractivity contribution in [3.05, 3.63) is 101 Å². The molecule has 0 spiro atoms. The smallest absolute Gasteiger partial charge is 0.420 e. The number of ether oxygens (including phenoxy) is 2. The Morgan fingerprint density at radius 1 is 1.02 bits per heavy atom. The number of benzene rings is 1. The molecule has 3 atom stereocenters. The number of nitrogens with zero attached hydrogens (tertiary/aromatic N) is 4. The Hall–Kier alpha value is -4.87. The number of fused-ring (bicyclic) bond motifs is 2. The molecule has 1 saturated heterocycles. The van der Waals surface area contributed by atoms with E-state index in [1.807, 2.05) is 56.3 Å². The van der Waals surface area contributed by atoms with Crippen LogP contribution in [-0.2, 0) is 23.1 Å². The number of hydrogen-bond donors (Lipinski definition) is 1. The molecule has 51 heavy (non-hydrogen) atoms. The van der Waals surface area contributed by atoms with Gasteiger partial charge in [0.05, 0.1) is 28.1 Å². The number of pyridine rings is 2. The molecule has 3 aromatic heterocycles. The number of imidazole rings is 1. The van der Waals surface area contributed by atoms with Crippen LogP contribution >= 0.6 is 0 Å². The first kappa shape index (κ1) is 34.6. The third-order valence-corrected chi connectivity index (χ3v) is 10.3. The van der Waals surface area contributed by atoms with Crippen LogP contribution in [0.15, 0.2) is 67.0 Å². The van der Waals surface area contributed by atoms with Crippen molar-refractivity contribution >= 4 is 23.2 Å². The molecular formula is C39H42F3N5O4. The van der Waals surface area contributed by atoms with Crippen LogP contribution in [-0.4, -0.2) is 50.5 Å². The Bertz CT molecular complexity index is 2010. The van der Waals surface area contributed by atoms with Crippen LogP contribution in [0.5, 0.6) is 5.88 Å². The molecule has 2 fully saturated rings. The quantitative estimate of drug-likeness (QED) is 0.200. The van der Waals surface area contributed by atoms with Crippen LogP contribution in [0.2, 0.25) is 0 Å². The number of carbonyl (C=O) groups excluding carboxylic acids is 2. The van der Waals surface area contributed by atoms with Gasteiger partial charge in [0.1, 0.15) is 18.4 Å². The Morgan fingerprint density at radius 3 is 2.41 bits per heavy atom. The maximum absolute atomic E-state index is 13.9. The van der Waals surface area contributed by atoms with E-state index in [-0.39, 0.29) is 41.2 Å². The summed E-state index contributed by atoms with van der Waals surface area (Å²) < 4.78 is 54.9. The van der Waals surface area contributed by atoms with E-state index in [1.165, 1.54) is 16.8 Å². The first-order chi connectivity index (χ1) is 24.1. The number of nitrogens with one attached hydrogen (secondary N) is 1. The average molecular weight is 702 g/mol. The van der Waals surface area contributed by atoms with Crippen molar-refractivity contribution in [2.75, 3.05) is 13.1 Å². The molecule has 268 valence electrons. The van der Waals surface area contributed by atoms with Crippen LogP contribution in [0.1, 0.15) is 85.4 Å². The van der Waals surface area contributed by atoms with Gasteiger partial charge in [0.25, 0.3) is 5.91 Å². The van der Waals surface area contributed by atoms with Gasteiger partial charge in [0.2, 0.25) is 5.88 Å². The Balaban J connectivity index is 1.07. The number of aromatic nitrogens is 3. The molecule has 2 aliphatic carbocycles. The summed E-state index contributed by atoms with van der Waals surface area (Å²) in [5.41, 5.74) is 2.21. The fraction of sp³-hybridized carbons (Fsp3) is 0.436. The van der Waals surface area contributed by atoms with Gasteiger partial charge in [-0.15, -0.1) is 0 Å². The van der Waals surface area contributed by atoms with Crippen molar-refractivity contribution in [1.82, 2.24) is 24.6 Å². The molecule has 12 heteroatoms. The summed E-state index contributed by atoms with van der Waals surface area (Å²) in [5.74, 6) is 0.0194. The molecule has 1 N–H and O–H groups in total. The minimum absolute atomic E-state index is 0.0259. The zero-order valence-corrected chi connectivity index (χ0v) is 29.4. The van der Waals surface area contributed by atoms with E-state index >= 15 is 0 Å². The predicted molar refractivity (Wildman–Crippen MR) is 185 cm³/mol. The van der Waals surface area contributed by atoms with E-state index in [1.54, 1.807) is 11.8 Å². The van der Waals surface area contributed by atoms with Gasteiger partial charge in [0, 0.05) is 43.4 Å². The van der Waals surface area contributed by atoms with E-state index in [2.05, 4.69) is 30.2 Å². The maximum Gasteiger partial charge on any atom is 0.420 e. The number of amides is 2. The zero-order chi connectivity index (χ0) is 36.3. The molecule has 1 aliphatic heterocycles. The van der Waals surface area contributed by atoms with E-state index in [9.17, 15) is 22.8 Å². The Kier molecular flexibility index (Phi) is 8.62. The van der Waals surface area contributed by atoms with Crippen LogP contribution in [0.4, 0.5) is 18.0 Å². The average Bonchev–Trinajstić information content (AvgIpc) is 3.35. The van der Waals surface area contributed by atoms with E-state index in [4.69, 9.17) is 14.5 Å². The summed E-state index contributed by atoms with van der Waals surface area (Å²) in [4.78, 5) is 36.9. The summed E-state index contributed by atoms with van der Waals surface area (Å²) >= 11 is 0. The van der Waals surface area contributed by atoms with Crippen molar-refractivity contribution in [2.24, 2.45) is 17.3 Å². The number of halogens is 3. The number of likely N-dealkylation sites (tertiary alicyclic amines) is 1. The van der Waals surface area contributed by atoms with E-state index in [0.29, 0.717) is 24.7 Å². The second-order valence-corrected chi connectivity index (χ2v) is 15.4. The molecule has 2 amide bonds. The Labute approximate surface area is 294 Å². The number of hydrogen-bond acceptors (Lipinski definition) is 6. The molecular weight excluding hydrogens is 659 g/mol. The van der Waals surface area contributed by atoms with Gasteiger partial charge in [-0.3, -0.25) is 4.79 Å². The lowest BCUT2D eigenvalue weighted by Gasteiger charge is -2.30. The number of alkyl halides is 3. The number of aryl methyl sites for hydroxylation is 1. The highest BCUT2D eigenvalue weighted by atomic mass is 19.4. The molecule has 4 aromatic rings. The zero-order valence-electron chi connectivity index (χ0n) is 29.4. The maximum atomic E-state index is 13.9. The van der Waals surface area contributed by atoms with Crippen molar-refractivity contribution in [2.45, 2.75) is 78.3 Å². The number of piperidine rings is 1. The summed E-state index contributed by atoms with van der Waals surface area (Å²) in [6.45, 7) is 10.8. The standard InChI is InChI=1S/C39H42F3N5O4/c1-23-18-46-19-26(15-30(34(46)43-23)39(40,41)42)35(48)47-20-28-29(21-47)33(28)51-32-17-27(16-31(44-32)25-11-13-37(2,3)14-12-25)38(4,5)45-36(49)50-22-24-9-7-6-8-10-24/h6-11,15-19,28-29,33H,12-14,20-22H2,1-5H3,(H,45,49)/t28-,29+,33?. The van der Waals surface area contributed by atoms with Crippen LogP contribution < -0.4 is 10.1 Å². The van der Waals surface area contributed by atoms with E-state index in [0.717, 1.165) is 47.7 Å². The first-order valence-corrected chi connectivity index (χ1v) is 17.3. The summed E-state index contributed by atoms with van der Waals surface area (Å²) in [6, 6.07) is 14.2. The largest absolute Gasteiger partial charge is 0.474 e. The van der Waals surface area contributed by atoms with Gasteiger partial charge in [-0.05, 0) is 74.3 Å². The molecule has 7 rings (SSSR count). The monoisotopic (exact) mass is 701 g/mol. The Morgan fingerprint density at radius 2 is 1.75 bits per heavy atom. The molecule has 1 aromatic carbocycles. The second kappa shape index (κ2) is 12.7. The number of alkyl carbamates (subject to hydrolysis) is 1. The lowest BCUT2D eigenvalue weighted by atomic mass is 9.77. The SMILES string of the molecule is Cc1cn2cc(C(=O)N3C[C@@H]4C(Oc5cc(C(C)(C)NC(=O)OCc6ccccc6)cc(C6=CCC(C)(C)CC6)n5)[C@@H]4C3)cc(C(F)(F)F)c2n1. The summed E-state index contributed by atoms with van der Waals surface area (Å²) in [6.07, 6.45) is 2.54. The number of allylic oxidation sites excluding steroid dienone is 2. The van der Waals surface area contributed by atoms with Gasteiger partial charge < -0.3 is 24.1 Å². The highest BCUT2D eigenvalue weighted by Gasteiger charge is 2.59. The minimum Gasteiger partial charge on any atom is -0.474 e. The number of rotatable bonds is 8. The molecule has 0 radical (unpaired) electrons. The fourth-order valence-electron chi connectivity index (χ4n) is 7.17. The second-order valence-electron chi connectivity index (χ2n) is 15.4. The number of carbonyl (C=O) groups is 2. The summed E-state index contributed by atoms with van der Waals surface area (Å²) in [7, 11) is 0. The molecule has 1 saturated carbocycles. The van der Waals surface area contributed by atoms with Gasteiger partial charge >= 0.3 is 12.3 Å². The predicted octanol–water partition coefficient (Wildman–Crippen LogP) is 7.96. The van der Waals surface area contributed by atoms with Gasteiger partial charge in [-0.25, -0.2) is 14.8 Å². The van der Waals surface area contributed by atoms with Gasteiger partial charge in [0.15, 0.2) is 0 Å². The lowest BCUT2D eigenvalue weighted by Crippen LogP contribution is -2.41. The third kappa shape index (κ3) is 7.31. The van der Waals surface area contributed by atoms with Crippen LogP contribution in [0, 0.1) is 24.2 Å². The normalized spacial score (nSPS) is 21.2. The van der Waals surface area contributed by atoms with Gasteiger partial charge in [-0.1, -0.05) is 50.3 Å². The first-order valence-electron chi connectivity index (χ1n) is 17.3. The van der Waals surface area contributed by atoms with Crippen molar-refractivity contribution in [3.8, 4) is 5.88 Å². The molecule has 1 unspecified atom stereocenters. The topological polar surface area (TPSA) is 98.1 Å². The molecule has 9 nitrogen and oxygen atoms in total. The highest BCUT2D eigenvalue weighted by molar-refractivity contribution is 5.95. The molecule has 4 heterocycles. The molecule has 3 aliphatic rings. The minimum atomic E-state index is -4.65. The fourth-order valence-corrected chi connectivity index (χ4v) is 7.17. The highest BCUT2D eigenvalue weighted by Crippen LogP contribution is 2.49. The van der Waals surface area contributed by atoms with Crippen molar-refractivity contribution in [3.63, 3.8) is 0 Å². The third-order valence-electron chi connectivity index (χ3n) is 10.3. The van der Waals surface area contributed by atoms with Gasteiger partial charge in [-0.2, -0.15) is 13.2 Å². The van der Waals surface area contributed by atoms with E-state index < -0.39 is 29.3 Å². The molecule has 0 bridgehead atoms.